The van der Waals surface area contributed by atoms with Gasteiger partial charge in [-0.3, -0.25) is 9.59 Å². The lowest BCUT2D eigenvalue weighted by molar-refractivity contribution is -0.140. The maximum absolute atomic E-state index is 12.0. The van der Waals surface area contributed by atoms with Crippen LogP contribution in [0.1, 0.15) is 32.1 Å². The molecule has 0 aromatic heterocycles. The molecule has 120 valence electrons. The minimum absolute atomic E-state index is 0.0218. The van der Waals surface area contributed by atoms with Crippen molar-refractivity contribution < 1.29 is 24.6 Å². The Bertz CT molecular complexity index is 380. The molecule has 8 heteroatoms. The number of rotatable bonds is 7. The Hall–Kier alpha value is -1.44. The van der Waals surface area contributed by atoms with Gasteiger partial charge >= 0.3 is 18.0 Å². The van der Waals surface area contributed by atoms with E-state index in [0.717, 1.165) is 30.6 Å². The summed E-state index contributed by atoms with van der Waals surface area (Å²) in [5.74, 6) is -2.47. The molecule has 3 N–H and O–H groups in total. The first-order chi connectivity index (χ1) is 9.88. The quantitative estimate of drug-likeness (QED) is 0.652. The number of aliphatic carboxylic acids is 2. The van der Waals surface area contributed by atoms with Crippen molar-refractivity contribution >= 4 is 29.7 Å². The van der Waals surface area contributed by atoms with Gasteiger partial charge in [0.15, 0.2) is 0 Å². The van der Waals surface area contributed by atoms with Crippen molar-refractivity contribution in [2.45, 2.75) is 36.9 Å². The van der Waals surface area contributed by atoms with Crippen molar-refractivity contribution in [3.05, 3.63) is 0 Å². The Morgan fingerprint density at radius 3 is 2.05 bits per heavy atom. The molecule has 1 aliphatic rings. The van der Waals surface area contributed by atoms with Crippen LogP contribution in [0.25, 0.3) is 0 Å². The number of amides is 2. The van der Waals surface area contributed by atoms with Crippen molar-refractivity contribution in [3.63, 3.8) is 0 Å². The van der Waals surface area contributed by atoms with Crippen LogP contribution in [0, 0.1) is 0 Å². The van der Waals surface area contributed by atoms with E-state index in [0.29, 0.717) is 6.54 Å². The molecular formula is C13H22N2O5S. The van der Waals surface area contributed by atoms with Gasteiger partial charge in [-0.15, -0.1) is 0 Å². The second-order valence-corrected chi connectivity index (χ2v) is 6.52. The Balaban J connectivity index is 2.58. The van der Waals surface area contributed by atoms with Gasteiger partial charge in [-0.05, 0) is 19.1 Å². The third kappa shape index (κ3) is 5.82. The smallest absolute Gasteiger partial charge is 0.323 e. The fraction of sp³-hybridized carbons (Fsp3) is 0.769. The van der Waals surface area contributed by atoms with Gasteiger partial charge in [-0.25, -0.2) is 4.79 Å². The summed E-state index contributed by atoms with van der Waals surface area (Å²) in [6, 6.07) is -0.640. The van der Waals surface area contributed by atoms with E-state index in [1.54, 1.807) is 11.8 Å². The maximum atomic E-state index is 12.0. The molecule has 0 aromatic rings. The Kier molecular flexibility index (Phi) is 6.80. The monoisotopic (exact) mass is 318 g/mol. The molecule has 1 fully saturated rings. The molecule has 0 radical (unpaired) electrons. The molecule has 1 rings (SSSR count). The topological polar surface area (TPSA) is 107 Å². The number of nitrogens with one attached hydrogen (secondary N) is 1. The van der Waals surface area contributed by atoms with E-state index in [9.17, 15) is 14.4 Å². The van der Waals surface area contributed by atoms with E-state index in [1.165, 1.54) is 6.42 Å². The van der Waals surface area contributed by atoms with E-state index in [2.05, 4.69) is 5.32 Å². The second kappa shape index (κ2) is 8.11. The summed E-state index contributed by atoms with van der Waals surface area (Å²) in [5, 5.41) is 20.2. The number of thioether (sulfide) groups is 1. The molecule has 0 heterocycles. The maximum Gasteiger partial charge on any atom is 0.323 e. The molecule has 1 saturated carbocycles. The molecule has 7 nitrogen and oxygen atoms in total. The molecule has 21 heavy (non-hydrogen) atoms. The number of carbonyl (C=O) groups excluding carboxylic acids is 1. The van der Waals surface area contributed by atoms with Crippen LogP contribution in [-0.4, -0.2) is 63.7 Å². The zero-order valence-corrected chi connectivity index (χ0v) is 12.9. The standard InChI is InChI=1S/C13H22N2O5S/c1-21-13(5-3-2-4-6-13)9-14-12(20)15(7-10(16)17)8-11(18)19/h2-9H2,1H3,(H,14,20)(H,16,17)(H,18,19). The molecule has 0 spiro atoms. The average Bonchev–Trinajstić information content (AvgIpc) is 2.44. The summed E-state index contributed by atoms with van der Waals surface area (Å²) in [6.45, 7) is -0.808. The Labute approximate surface area is 128 Å². The zero-order chi connectivity index (χ0) is 15.9. The second-order valence-electron chi connectivity index (χ2n) is 5.25. The van der Waals surface area contributed by atoms with Gasteiger partial charge in [0.1, 0.15) is 13.1 Å². The molecule has 0 bridgehead atoms. The molecule has 0 aliphatic heterocycles. The van der Waals surface area contributed by atoms with E-state index in [-0.39, 0.29) is 4.75 Å². The highest BCUT2D eigenvalue weighted by Gasteiger charge is 2.32. The highest BCUT2D eigenvalue weighted by Crippen LogP contribution is 2.37. The van der Waals surface area contributed by atoms with Gasteiger partial charge < -0.3 is 20.4 Å². The highest BCUT2D eigenvalue weighted by atomic mass is 32.2. The number of hydrogen-bond acceptors (Lipinski definition) is 4. The van der Waals surface area contributed by atoms with E-state index >= 15 is 0 Å². The number of carboxylic acid groups (broad SMARTS) is 2. The number of urea groups is 1. The van der Waals surface area contributed by atoms with E-state index < -0.39 is 31.1 Å². The predicted molar refractivity (Wildman–Crippen MR) is 79.6 cm³/mol. The van der Waals surface area contributed by atoms with Crippen LogP contribution < -0.4 is 5.32 Å². The minimum atomic E-state index is -1.23. The first kappa shape index (κ1) is 17.6. The molecule has 2 amide bonds. The minimum Gasteiger partial charge on any atom is -0.480 e. The summed E-state index contributed by atoms with van der Waals surface area (Å²) in [7, 11) is 0. The van der Waals surface area contributed by atoms with Crippen LogP contribution in [-0.2, 0) is 9.59 Å². The fourth-order valence-corrected chi connectivity index (χ4v) is 3.44. The summed E-state index contributed by atoms with van der Waals surface area (Å²) in [6.07, 6.45) is 7.44. The summed E-state index contributed by atoms with van der Waals surface area (Å²) in [4.78, 5) is 34.2. The lowest BCUT2D eigenvalue weighted by Crippen LogP contribution is -2.49. The molecular weight excluding hydrogens is 296 g/mol. The van der Waals surface area contributed by atoms with Crippen molar-refractivity contribution in [2.24, 2.45) is 0 Å². The van der Waals surface area contributed by atoms with Gasteiger partial charge in [-0.1, -0.05) is 19.3 Å². The Morgan fingerprint density at radius 2 is 1.62 bits per heavy atom. The Morgan fingerprint density at radius 1 is 1.10 bits per heavy atom. The van der Waals surface area contributed by atoms with Crippen LogP contribution in [0.15, 0.2) is 0 Å². The van der Waals surface area contributed by atoms with Crippen molar-refractivity contribution in [3.8, 4) is 0 Å². The number of carboxylic acids is 2. The lowest BCUT2D eigenvalue weighted by Gasteiger charge is -2.36. The number of hydrogen-bond donors (Lipinski definition) is 3. The number of carbonyl (C=O) groups is 3. The van der Waals surface area contributed by atoms with Gasteiger partial charge in [-0.2, -0.15) is 11.8 Å². The van der Waals surface area contributed by atoms with Gasteiger partial charge in [0, 0.05) is 11.3 Å². The third-order valence-electron chi connectivity index (χ3n) is 3.70. The molecule has 0 unspecified atom stereocenters. The summed E-state index contributed by atoms with van der Waals surface area (Å²) < 4.78 is -0.0218. The van der Waals surface area contributed by atoms with Crippen LogP contribution in [0.2, 0.25) is 0 Å². The molecule has 1 aliphatic carbocycles. The molecule has 0 aromatic carbocycles. The largest absolute Gasteiger partial charge is 0.480 e. The van der Waals surface area contributed by atoms with Gasteiger partial charge in [0.05, 0.1) is 0 Å². The third-order valence-corrected chi connectivity index (χ3v) is 5.12. The molecule has 0 atom stereocenters. The SMILES string of the molecule is CSC1(CNC(=O)N(CC(=O)O)CC(=O)O)CCCCC1. The zero-order valence-electron chi connectivity index (χ0n) is 12.1. The van der Waals surface area contributed by atoms with Crippen LogP contribution in [0.5, 0.6) is 0 Å². The summed E-state index contributed by atoms with van der Waals surface area (Å²) in [5.41, 5.74) is 0. The predicted octanol–water partition coefficient (Wildman–Crippen LogP) is 1.23. The van der Waals surface area contributed by atoms with Crippen LogP contribution in [0.4, 0.5) is 4.79 Å². The van der Waals surface area contributed by atoms with Crippen LogP contribution >= 0.6 is 11.8 Å². The van der Waals surface area contributed by atoms with Crippen molar-refractivity contribution in [1.29, 1.82) is 0 Å². The van der Waals surface area contributed by atoms with Gasteiger partial charge in [0.25, 0.3) is 0 Å². The molecule has 0 saturated heterocycles. The van der Waals surface area contributed by atoms with E-state index in [1.807, 2.05) is 6.26 Å². The first-order valence-corrected chi connectivity index (χ1v) is 8.12. The first-order valence-electron chi connectivity index (χ1n) is 6.90. The van der Waals surface area contributed by atoms with E-state index in [4.69, 9.17) is 10.2 Å². The van der Waals surface area contributed by atoms with Crippen molar-refractivity contribution in [1.82, 2.24) is 10.2 Å². The average molecular weight is 318 g/mol. The number of nitrogens with zero attached hydrogens (tertiary/aromatic N) is 1. The summed E-state index contributed by atoms with van der Waals surface area (Å²) >= 11 is 1.71. The normalized spacial score (nSPS) is 17.0. The van der Waals surface area contributed by atoms with Crippen molar-refractivity contribution in [2.75, 3.05) is 25.9 Å². The highest BCUT2D eigenvalue weighted by molar-refractivity contribution is 8.00. The van der Waals surface area contributed by atoms with Gasteiger partial charge in [0.2, 0.25) is 0 Å². The fourth-order valence-electron chi connectivity index (χ4n) is 2.52. The van der Waals surface area contributed by atoms with Crippen LogP contribution in [0.3, 0.4) is 0 Å². The lowest BCUT2D eigenvalue weighted by atomic mass is 9.88.